The largest absolute Gasteiger partial charge is 0.240 e. The SMILES string of the molecule is CC(C)(C)c1nc(-c2ccccc2)sc1CC#N. The van der Waals surface area contributed by atoms with Crippen molar-refractivity contribution in [1.82, 2.24) is 4.98 Å². The lowest BCUT2D eigenvalue weighted by Crippen LogP contribution is -2.13. The average molecular weight is 256 g/mol. The number of nitriles is 1. The summed E-state index contributed by atoms with van der Waals surface area (Å²) in [4.78, 5) is 5.82. The van der Waals surface area contributed by atoms with Gasteiger partial charge in [-0.15, -0.1) is 11.3 Å². The summed E-state index contributed by atoms with van der Waals surface area (Å²) in [6, 6.07) is 12.4. The third kappa shape index (κ3) is 2.60. The lowest BCUT2D eigenvalue weighted by Gasteiger charge is -2.16. The highest BCUT2D eigenvalue weighted by Gasteiger charge is 2.23. The van der Waals surface area contributed by atoms with Gasteiger partial charge in [-0.25, -0.2) is 4.98 Å². The van der Waals surface area contributed by atoms with Crippen LogP contribution in [0.4, 0.5) is 0 Å². The quantitative estimate of drug-likeness (QED) is 0.808. The van der Waals surface area contributed by atoms with Crippen LogP contribution in [0.25, 0.3) is 10.6 Å². The molecule has 0 spiro atoms. The first-order chi connectivity index (χ1) is 8.52. The molecule has 0 aliphatic heterocycles. The Hall–Kier alpha value is -1.66. The predicted molar refractivity (Wildman–Crippen MR) is 75.6 cm³/mol. The molecule has 0 atom stereocenters. The van der Waals surface area contributed by atoms with Gasteiger partial charge in [-0.3, -0.25) is 0 Å². The maximum atomic E-state index is 8.92. The van der Waals surface area contributed by atoms with Crippen molar-refractivity contribution in [1.29, 1.82) is 5.26 Å². The summed E-state index contributed by atoms with van der Waals surface area (Å²) in [5.41, 5.74) is 2.15. The molecule has 0 aliphatic rings. The Bertz CT molecular complexity index is 571. The van der Waals surface area contributed by atoms with Gasteiger partial charge < -0.3 is 0 Å². The summed E-state index contributed by atoms with van der Waals surface area (Å²) in [6.07, 6.45) is 0.442. The van der Waals surface area contributed by atoms with E-state index in [-0.39, 0.29) is 5.41 Å². The summed E-state index contributed by atoms with van der Waals surface area (Å²) in [7, 11) is 0. The Balaban J connectivity index is 2.50. The molecule has 0 fully saturated rings. The van der Waals surface area contributed by atoms with Gasteiger partial charge in [0.05, 0.1) is 18.2 Å². The van der Waals surface area contributed by atoms with E-state index in [2.05, 4.69) is 39.0 Å². The molecule has 0 aliphatic carbocycles. The van der Waals surface area contributed by atoms with E-state index in [1.54, 1.807) is 11.3 Å². The van der Waals surface area contributed by atoms with Crippen LogP contribution >= 0.6 is 11.3 Å². The van der Waals surface area contributed by atoms with Gasteiger partial charge in [0.15, 0.2) is 0 Å². The fourth-order valence-electron chi connectivity index (χ4n) is 1.83. The number of hydrogen-bond acceptors (Lipinski definition) is 3. The summed E-state index contributed by atoms with van der Waals surface area (Å²) < 4.78 is 0. The van der Waals surface area contributed by atoms with Crippen LogP contribution in [0, 0.1) is 11.3 Å². The molecule has 18 heavy (non-hydrogen) atoms. The second-order valence-corrected chi connectivity index (χ2v) is 6.33. The first-order valence-electron chi connectivity index (χ1n) is 5.95. The van der Waals surface area contributed by atoms with Gasteiger partial charge in [-0.05, 0) is 0 Å². The number of benzene rings is 1. The third-order valence-electron chi connectivity index (χ3n) is 2.67. The van der Waals surface area contributed by atoms with Crippen molar-refractivity contribution in [2.45, 2.75) is 32.6 Å². The van der Waals surface area contributed by atoms with Crippen molar-refractivity contribution >= 4 is 11.3 Å². The third-order valence-corrected chi connectivity index (χ3v) is 3.77. The molecule has 0 amide bonds. The van der Waals surface area contributed by atoms with E-state index >= 15 is 0 Å². The minimum Gasteiger partial charge on any atom is -0.240 e. The predicted octanol–water partition coefficient (Wildman–Crippen LogP) is 4.17. The Morgan fingerprint density at radius 2 is 1.89 bits per heavy atom. The number of rotatable bonds is 2. The zero-order valence-corrected chi connectivity index (χ0v) is 11.7. The first kappa shape index (κ1) is 12.8. The summed E-state index contributed by atoms with van der Waals surface area (Å²) in [5, 5.41) is 9.92. The van der Waals surface area contributed by atoms with Crippen LogP contribution in [0.5, 0.6) is 0 Å². The highest BCUT2D eigenvalue weighted by molar-refractivity contribution is 7.15. The van der Waals surface area contributed by atoms with Gasteiger partial charge in [-0.2, -0.15) is 5.26 Å². The van der Waals surface area contributed by atoms with Crippen molar-refractivity contribution in [2.75, 3.05) is 0 Å². The molecule has 0 radical (unpaired) electrons. The van der Waals surface area contributed by atoms with E-state index < -0.39 is 0 Å². The van der Waals surface area contributed by atoms with Gasteiger partial charge in [0.1, 0.15) is 5.01 Å². The molecule has 3 heteroatoms. The fourth-order valence-corrected chi connectivity index (χ4v) is 3.04. The molecular weight excluding hydrogens is 240 g/mol. The van der Waals surface area contributed by atoms with E-state index in [4.69, 9.17) is 10.2 Å². The monoisotopic (exact) mass is 256 g/mol. The molecule has 1 heterocycles. The minimum absolute atomic E-state index is 0.0181. The minimum atomic E-state index is -0.0181. The highest BCUT2D eigenvalue weighted by Crippen LogP contribution is 2.34. The lowest BCUT2D eigenvalue weighted by molar-refractivity contribution is 0.568. The van der Waals surface area contributed by atoms with Crippen molar-refractivity contribution in [2.24, 2.45) is 0 Å². The van der Waals surface area contributed by atoms with Gasteiger partial charge in [0.25, 0.3) is 0 Å². The maximum Gasteiger partial charge on any atom is 0.123 e. The van der Waals surface area contributed by atoms with Crippen LogP contribution in [0.2, 0.25) is 0 Å². The maximum absolute atomic E-state index is 8.92. The molecule has 0 unspecified atom stereocenters. The normalized spacial score (nSPS) is 11.2. The van der Waals surface area contributed by atoms with E-state index in [1.807, 2.05) is 18.2 Å². The van der Waals surface area contributed by atoms with Crippen LogP contribution < -0.4 is 0 Å². The molecule has 0 saturated carbocycles. The highest BCUT2D eigenvalue weighted by atomic mass is 32.1. The second kappa shape index (κ2) is 4.91. The molecule has 2 rings (SSSR count). The van der Waals surface area contributed by atoms with Gasteiger partial charge in [0, 0.05) is 15.9 Å². The molecular formula is C15H16N2S. The zero-order chi connectivity index (χ0) is 13.2. The van der Waals surface area contributed by atoms with Gasteiger partial charge in [-0.1, -0.05) is 51.1 Å². The number of thiazole rings is 1. The molecule has 1 aromatic carbocycles. The Labute approximate surface area is 112 Å². The van der Waals surface area contributed by atoms with Crippen molar-refractivity contribution in [3.63, 3.8) is 0 Å². The molecule has 0 N–H and O–H groups in total. The topological polar surface area (TPSA) is 36.7 Å². The number of hydrogen-bond donors (Lipinski definition) is 0. The number of aromatic nitrogens is 1. The van der Waals surface area contributed by atoms with Crippen LogP contribution in [-0.2, 0) is 11.8 Å². The molecule has 0 saturated heterocycles. The van der Waals surface area contributed by atoms with Crippen molar-refractivity contribution in [3.05, 3.63) is 40.9 Å². The Morgan fingerprint density at radius 1 is 1.22 bits per heavy atom. The lowest BCUT2D eigenvalue weighted by atomic mass is 9.91. The van der Waals surface area contributed by atoms with E-state index in [9.17, 15) is 0 Å². The van der Waals surface area contributed by atoms with Crippen LogP contribution in [0.1, 0.15) is 31.3 Å². The van der Waals surface area contributed by atoms with E-state index in [0.717, 1.165) is 21.1 Å². The molecule has 92 valence electrons. The summed E-state index contributed by atoms with van der Waals surface area (Å²) in [5.74, 6) is 0. The van der Waals surface area contributed by atoms with Crippen molar-refractivity contribution < 1.29 is 0 Å². The molecule has 0 bridgehead atoms. The fraction of sp³-hybridized carbons (Fsp3) is 0.333. The Morgan fingerprint density at radius 3 is 2.44 bits per heavy atom. The molecule has 2 aromatic rings. The standard InChI is InChI=1S/C15H16N2S/c1-15(2,3)13-12(9-10-16)18-14(17-13)11-7-5-4-6-8-11/h4-8H,9H2,1-3H3. The average Bonchev–Trinajstić information content (AvgIpc) is 2.75. The first-order valence-corrected chi connectivity index (χ1v) is 6.76. The smallest absolute Gasteiger partial charge is 0.123 e. The van der Waals surface area contributed by atoms with Crippen LogP contribution in [0.15, 0.2) is 30.3 Å². The molecule has 1 aromatic heterocycles. The van der Waals surface area contributed by atoms with Gasteiger partial charge >= 0.3 is 0 Å². The molecule has 2 nitrogen and oxygen atoms in total. The van der Waals surface area contributed by atoms with Crippen LogP contribution in [0.3, 0.4) is 0 Å². The van der Waals surface area contributed by atoms with Gasteiger partial charge in [0.2, 0.25) is 0 Å². The summed E-state index contributed by atoms with van der Waals surface area (Å²) >= 11 is 1.63. The van der Waals surface area contributed by atoms with E-state index in [0.29, 0.717) is 6.42 Å². The second-order valence-electron chi connectivity index (χ2n) is 5.24. The summed E-state index contributed by atoms with van der Waals surface area (Å²) in [6.45, 7) is 6.41. The Kier molecular flexibility index (Phi) is 3.49. The van der Waals surface area contributed by atoms with E-state index in [1.165, 1.54) is 0 Å². The van der Waals surface area contributed by atoms with Crippen molar-refractivity contribution in [3.8, 4) is 16.6 Å². The van der Waals surface area contributed by atoms with Crippen LogP contribution in [-0.4, -0.2) is 4.98 Å². The number of nitrogens with zero attached hydrogens (tertiary/aromatic N) is 2. The zero-order valence-electron chi connectivity index (χ0n) is 10.9.